The summed E-state index contributed by atoms with van der Waals surface area (Å²) in [5.41, 5.74) is 1.17. The molecule has 7 nitrogen and oxygen atoms in total. The summed E-state index contributed by atoms with van der Waals surface area (Å²) in [5.74, 6) is -1.73. The lowest BCUT2D eigenvalue weighted by Gasteiger charge is -2.32. The van der Waals surface area contributed by atoms with Gasteiger partial charge in [-0.3, -0.25) is 24.1 Å². The van der Waals surface area contributed by atoms with Gasteiger partial charge in [-0.2, -0.15) is 0 Å². The van der Waals surface area contributed by atoms with E-state index in [1.807, 2.05) is 6.08 Å². The van der Waals surface area contributed by atoms with Crippen molar-refractivity contribution in [2.45, 2.75) is 16.7 Å². The van der Waals surface area contributed by atoms with E-state index in [0.29, 0.717) is 0 Å². The van der Waals surface area contributed by atoms with Crippen LogP contribution in [0.1, 0.15) is 11.3 Å². The Hall–Kier alpha value is -1.87. The summed E-state index contributed by atoms with van der Waals surface area (Å²) in [4.78, 5) is 53.4. The van der Waals surface area contributed by atoms with Crippen LogP contribution in [0.4, 0.5) is 0 Å². The molecule has 4 aliphatic rings. The van der Waals surface area contributed by atoms with E-state index in [2.05, 4.69) is 9.72 Å². The van der Waals surface area contributed by atoms with Gasteiger partial charge in [0.1, 0.15) is 6.54 Å². The Morgan fingerprint density at radius 2 is 2.08 bits per heavy atom. The molecule has 3 heterocycles. The second-order valence-corrected chi connectivity index (χ2v) is 8.95. The van der Waals surface area contributed by atoms with E-state index < -0.39 is 5.97 Å². The molecule has 2 aliphatic heterocycles. The number of nitrogens with zero attached hydrogens (tertiary/aromatic N) is 1. The van der Waals surface area contributed by atoms with Crippen LogP contribution in [0.5, 0.6) is 0 Å². The lowest BCUT2D eigenvalue weighted by Crippen LogP contribution is -2.37. The molecule has 1 saturated heterocycles. The highest BCUT2D eigenvalue weighted by molar-refractivity contribution is 8.00. The van der Waals surface area contributed by atoms with Crippen molar-refractivity contribution in [3.05, 3.63) is 20.1 Å². The summed E-state index contributed by atoms with van der Waals surface area (Å²) in [6, 6.07) is 0. The smallest absolute Gasteiger partial charge is 0.325 e. The molecule has 2 aliphatic carbocycles. The number of esters is 1. The van der Waals surface area contributed by atoms with E-state index in [1.165, 1.54) is 24.0 Å². The number of H-pyrrole nitrogens is 1. The monoisotopic (exact) mass is 378 g/mol. The molecule has 0 radical (unpaired) electrons. The maximum Gasteiger partial charge on any atom is 0.325 e. The van der Waals surface area contributed by atoms with Crippen molar-refractivity contribution >= 4 is 47.0 Å². The fourth-order valence-electron chi connectivity index (χ4n) is 4.83. The molecule has 130 valence electrons. The third-order valence-electron chi connectivity index (χ3n) is 5.76. The number of thiazole rings is 1. The first-order valence-electron chi connectivity index (χ1n) is 8.03. The normalized spacial score (nSPS) is 34.7. The Kier molecular flexibility index (Phi) is 3.12. The second-order valence-electron chi connectivity index (χ2n) is 6.79. The molecule has 1 N–H and O–H groups in total. The Labute approximate surface area is 150 Å². The van der Waals surface area contributed by atoms with Gasteiger partial charge in [0.05, 0.1) is 28.8 Å². The summed E-state index contributed by atoms with van der Waals surface area (Å²) in [5, 5.41) is 0.981. The number of hydrogen-bond acceptors (Lipinski definition) is 7. The fraction of sp³-hybridized carbons (Fsp3) is 0.500. The summed E-state index contributed by atoms with van der Waals surface area (Å²) in [7, 11) is 1.24. The number of carbonyl (C=O) groups excluding carboxylic acids is 3. The number of aromatic nitrogens is 1. The maximum atomic E-state index is 12.8. The molecule has 2 amide bonds. The predicted octanol–water partition coefficient (Wildman–Crippen LogP) is 0.718. The number of aromatic amines is 1. The number of fused-ring (bicyclic) bond motifs is 9. The van der Waals surface area contributed by atoms with Gasteiger partial charge < -0.3 is 9.72 Å². The first-order chi connectivity index (χ1) is 12.0. The average Bonchev–Trinajstić information content (AvgIpc) is 3.29. The lowest BCUT2D eigenvalue weighted by molar-refractivity contribution is -0.151. The zero-order valence-electron chi connectivity index (χ0n) is 13.2. The van der Waals surface area contributed by atoms with Crippen molar-refractivity contribution in [1.82, 2.24) is 9.88 Å². The van der Waals surface area contributed by atoms with Gasteiger partial charge in [0, 0.05) is 5.25 Å². The number of amides is 2. The minimum Gasteiger partial charge on any atom is -0.468 e. The van der Waals surface area contributed by atoms with Crippen molar-refractivity contribution in [2.24, 2.45) is 23.7 Å². The number of methoxy groups -OCH3 is 1. The van der Waals surface area contributed by atoms with Gasteiger partial charge in [-0.15, -0.1) is 0 Å². The Balaban J connectivity index is 1.51. The van der Waals surface area contributed by atoms with Crippen molar-refractivity contribution in [2.75, 3.05) is 13.7 Å². The number of nitrogens with one attached hydrogen (secondary N) is 1. The van der Waals surface area contributed by atoms with Gasteiger partial charge in [0.15, 0.2) is 0 Å². The van der Waals surface area contributed by atoms with E-state index in [0.717, 1.165) is 21.2 Å². The molecule has 5 rings (SSSR count). The van der Waals surface area contributed by atoms with Crippen LogP contribution < -0.4 is 4.87 Å². The van der Waals surface area contributed by atoms with E-state index in [1.54, 1.807) is 11.8 Å². The Morgan fingerprint density at radius 1 is 1.32 bits per heavy atom. The van der Waals surface area contributed by atoms with Crippen LogP contribution in [0.25, 0.3) is 6.08 Å². The molecule has 25 heavy (non-hydrogen) atoms. The standard InChI is InChI=1S/C16H14N2O5S2/c1-23-9(19)4-18-14(20)10-5-2-7(11(10)15(18)21)12-6(5)3-8-13(25-12)17-16(22)24-8/h3,5,7,10-12H,2,4H2,1H3,(H,17,22)/t5-,7+,10+,11+,12-/m0/s1. The third kappa shape index (κ3) is 1.93. The highest BCUT2D eigenvalue weighted by Crippen LogP contribution is 2.64. The number of carbonyl (C=O) groups is 3. The van der Waals surface area contributed by atoms with Gasteiger partial charge in [-0.05, 0) is 24.3 Å². The summed E-state index contributed by atoms with van der Waals surface area (Å²) < 4.78 is 4.61. The summed E-state index contributed by atoms with van der Waals surface area (Å²) >= 11 is 2.77. The van der Waals surface area contributed by atoms with E-state index >= 15 is 0 Å². The number of likely N-dealkylation sites (tertiary alicyclic amines) is 1. The van der Waals surface area contributed by atoms with Crippen LogP contribution in [-0.2, 0) is 19.1 Å². The number of thioether (sulfide) groups is 1. The average molecular weight is 378 g/mol. The van der Waals surface area contributed by atoms with Crippen molar-refractivity contribution < 1.29 is 19.1 Å². The van der Waals surface area contributed by atoms with Crippen molar-refractivity contribution in [3.8, 4) is 0 Å². The van der Waals surface area contributed by atoms with Crippen molar-refractivity contribution in [1.29, 1.82) is 0 Å². The van der Waals surface area contributed by atoms with E-state index in [-0.39, 0.29) is 52.2 Å². The van der Waals surface area contributed by atoms with Crippen LogP contribution in [-0.4, -0.2) is 46.6 Å². The van der Waals surface area contributed by atoms with Crippen LogP contribution >= 0.6 is 23.1 Å². The van der Waals surface area contributed by atoms with Crippen LogP contribution in [0.2, 0.25) is 0 Å². The van der Waals surface area contributed by atoms with Crippen LogP contribution in [0.15, 0.2) is 15.4 Å². The van der Waals surface area contributed by atoms with Gasteiger partial charge in [-0.25, -0.2) is 0 Å². The largest absolute Gasteiger partial charge is 0.468 e. The summed E-state index contributed by atoms with van der Waals surface area (Å²) in [6.45, 7) is -0.307. The van der Waals surface area contributed by atoms with Gasteiger partial charge in [-0.1, -0.05) is 28.7 Å². The summed E-state index contributed by atoms with van der Waals surface area (Å²) in [6.07, 6.45) is 2.85. The quantitative estimate of drug-likeness (QED) is 0.602. The Bertz CT molecular complexity index is 916. The predicted molar refractivity (Wildman–Crippen MR) is 89.9 cm³/mol. The zero-order chi connectivity index (χ0) is 17.5. The fourth-order valence-corrected chi connectivity index (χ4v) is 7.27. The Morgan fingerprint density at radius 3 is 2.84 bits per heavy atom. The van der Waals surface area contributed by atoms with Crippen LogP contribution in [0.3, 0.4) is 0 Å². The highest BCUT2D eigenvalue weighted by Gasteiger charge is 2.66. The molecule has 1 aromatic heterocycles. The molecule has 0 aromatic carbocycles. The lowest BCUT2D eigenvalue weighted by atomic mass is 9.77. The molecule has 0 unspecified atom stereocenters. The number of imide groups is 1. The molecule has 2 bridgehead atoms. The maximum absolute atomic E-state index is 12.8. The molecule has 2 saturated carbocycles. The van der Waals surface area contributed by atoms with Gasteiger partial charge in [0.2, 0.25) is 11.8 Å². The second kappa shape index (κ2) is 5.07. The van der Waals surface area contributed by atoms with Gasteiger partial charge >= 0.3 is 10.8 Å². The number of ether oxygens (including phenoxy) is 1. The minimum atomic E-state index is -0.584. The molecule has 1 aromatic rings. The van der Waals surface area contributed by atoms with Gasteiger partial charge in [0.25, 0.3) is 0 Å². The molecule has 9 heteroatoms. The SMILES string of the molecule is COC(=O)CN1C(=O)[C@@H]2[C@H]3C[C@@H](C4=Cc5sc(=O)[nH]c5S[C@@H]43)[C@H]2C1=O. The molecular formula is C16H14N2O5S2. The first kappa shape index (κ1) is 15.4. The van der Waals surface area contributed by atoms with Crippen molar-refractivity contribution in [3.63, 3.8) is 0 Å². The number of hydrogen-bond donors (Lipinski definition) is 1. The minimum absolute atomic E-state index is 0.0250. The highest BCUT2D eigenvalue weighted by atomic mass is 32.2. The van der Waals surface area contributed by atoms with Crippen LogP contribution in [0, 0.1) is 23.7 Å². The number of rotatable bonds is 2. The van der Waals surface area contributed by atoms with E-state index in [9.17, 15) is 19.2 Å². The van der Waals surface area contributed by atoms with E-state index in [4.69, 9.17) is 0 Å². The molecule has 3 fully saturated rings. The molecule has 5 atom stereocenters. The molecular weight excluding hydrogens is 364 g/mol. The topological polar surface area (TPSA) is 96.5 Å². The molecule has 0 spiro atoms. The zero-order valence-corrected chi connectivity index (χ0v) is 14.8. The first-order valence-corrected chi connectivity index (χ1v) is 9.72. The third-order valence-corrected chi connectivity index (χ3v) is 8.15.